The molecule has 2 aromatic rings. The van der Waals surface area contributed by atoms with Crippen molar-refractivity contribution in [3.05, 3.63) is 64.2 Å². The smallest absolute Gasteiger partial charge is 0.248 e. The first-order chi connectivity index (χ1) is 9.56. The highest BCUT2D eigenvalue weighted by Gasteiger charge is 2.34. The Morgan fingerprint density at radius 1 is 1.25 bits per heavy atom. The molecule has 1 aliphatic heterocycles. The molecule has 0 spiro atoms. The van der Waals surface area contributed by atoms with Gasteiger partial charge in [-0.25, -0.2) is 0 Å². The SMILES string of the molecule is Cc1ccc2c(c1)C(N)C(=O)N2Cc1cccc(Cl)c1. The molecular weight excluding hydrogens is 272 g/mol. The average molecular weight is 287 g/mol. The van der Waals surface area contributed by atoms with Gasteiger partial charge in [-0.05, 0) is 30.7 Å². The molecule has 0 bridgehead atoms. The number of hydrogen-bond acceptors (Lipinski definition) is 2. The van der Waals surface area contributed by atoms with Gasteiger partial charge >= 0.3 is 0 Å². The van der Waals surface area contributed by atoms with Crippen LogP contribution in [0.25, 0.3) is 0 Å². The van der Waals surface area contributed by atoms with E-state index in [0.717, 1.165) is 22.4 Å². The molecule has 0 aromatic heterocycles. The van der Waals surface area contributed by atoms with Gasteiger partial charge < -0.3 is 10.6 Å². The zero-order chi connectivity index (χ0) is 14.3. The number of benzene rings is 2. The number of hydrogen-bond donors (Lipinski definition) is 1. The first-order valence-electron chi connectivity index (χ1n) is 6.48. The van der Waals surface area contributed by atoms with Crippen LogP contribution in [0.4, 0.5) is 5.69 Å². The number of halogens is 1. The van der Waals surface area contributed by atoms with Crippen LogP contribution in [0.3, 0.4) is 0 Å². The molecule has 20 heavy (non-hydrogen) atoms. The highest BCUT2D eigenvalue weighted by atomic mass is 35.5. The van der Waals surface area contributed by atoms with Crippen LogP contribution >= 0.6 is 11.6 Å². The van der Waals surface area contributed by atoms with Crippen LogP contribution in [-0.2, 0) is 11.3 Å². The van der Waals surface area contributed by atoms with Crippen LogP contribution in [0.5, 0.6) is 0 Å². The summed E-state index contributed by atoms with van der Waals surface area (Å²) in [7, 11) is 0. The molecule has 2 aromatic carbocycles. The second-order valence-electron chi connectivity index (χ2n) is 5.09. The molecule has 3 rings (SSSR count). The van der Waals surface area contributed by atoms with E-state index in [2.05, 4.69) is 0 Å². The van der Waals surface area contributed by atoms with Gasteiger partial charge in [0.15, 0.2) is 0 Å². The number of aryl methyl sites for hydroxylation is 1. The Bertz CT molecular complexity index is 684. The predicted molar refractivity (Wildman–Crippen MR) is 80.7 cm³/mol. The highest BCUT2D eigenvalue weighted by Crippen LogP contribution is 2.36. The van der Waals surface area contributed by atoms with Crippen LogP contribution in [-0.4, -0.2) is 5.91 Å². The maximum Gasteiger partial charge on any atom is 0.248 e. The van der Waals surface area contributed by atoms with E-state index in [1.807, 2.05) is 49.4 Å². The molecule has 0 fully saturated rings. The van der Waals surface area contributed by atoms with Crippen LogP contribution in [0.2, 0.25) is 5.02 Å². The van der Waals surface area contributed by atoms with Gasteiger partial charge in [-0.3, -0.25) is 4.79 Å². The van der Waals surface area contributed by atoms with Crippen molar-refractivity contribution < 1.29 is 4.79 Å². The number of fused-ring (bicyclic) bond motifs is 1. The molecule has 3 nitrogen and oxygen atoms in total. The second kappa shape index (κ2) is 4.93. The summed E-state index contributed by atoms with van der Waals surface area (Å²) in [5.41, 5.74) is 9.91. The summed E-state index contributed by atoms with van der Waals surface area (Å²) in [6, 6.07) is 12.9. The van der Waals surface area contributed by atoms with Gasteiger partial charge in [0, 0.05) is 16.3 Å². The van der Waals surface area contributed by atoms with Crippen LogP contribution in [0.1, 0.15) is 22.7 Å². The third kappa shape index (κ3) is 2.19. The minimum Gasteiger partial charge on any atom is -0.316 e. The van der Waals surface area contributed by atoms with Crippen molar-refractivity contribution in [3.63, 3.8) is 0 Å². The lowest BCUT2D eigenvalue weighted by Gasteiger charge is -2.18. The molecule has 1 aliphatic rings. The lowest BCUT2D eigenvalue weighted by Crippen LogP contribution is -2.31. The molecule has 1 unspecified atom stereocenters. The van der Waals surface area contributed by atoms with E-state index >= 15 is 0 Å². The predicted octanol–water partition coefficient (Wildman–Crippen LogP) is 3.20. The van der Waals surface area contributed by atoms with E-state index in [1.54, 1.807) is 4.90 Å². The van der Waals surface area contributed by atoms with E-state index in [0.29, 0.717) is 11.6 Å². The number of nitrogens with two attached hydrogens (primary N) is 1. The number of amides is 1. The molecule has 102 valence electrons. The van der Waals surface area contributed by atoms with Gasteiger partial charge in [0.1, 0.15) is 6.04 Å². The van der Waals surface area contributed by atoms with Gasteiger partial charge in [0.25, 0.3) is 0 Å². The molecule has 0 radical (unpaired) electrons. The maximum atomic E-state index is 12.3. The summed E-state index contributed by atoms with van der Waals surface area (Å²) in [6.07, 6.45) is 0. The third-order valence-corrected chi connectivity index (χ3v) is 3.81. The van der Waals surface area contributed by atoms with Crippen molar-refractivity contribution in [2.45, 2.75) is 19.5 Å². The summed E-state index contributed by atoms with van der Waals surface area (Å²) >= 11 is 5.99. The van der Waals surface area contributed by atoms with Gasteiger partial charge in [-0.1, -0.05) is 41.4 Å². The van der Waals surface area contributed by atoms with E-state index in [-0.39, 0.29) is 5.91 Å². The van der Waals surface area contributed by atoms with Crippen molar-refractivity contribution >= 4 is 23.2 Å². The molecule has 1 heterocycles. The maximum absolute atomic E-state index is 12.3. The minimum absolute atomic E-state index is 0.0643. The first-order valence-corrected chi connectivity index (χ1v) is 6.86. The Hall–Kier alpha value is -1.84. The fourth-order valence-electron chi connectivity index (χ4n) is 2.57. The van der Waals surface area contributed by atoms with E-state index in [4.69, 9.17) is 17.3 Å². The monoisotopic (exact) mass is 286 g/mol. The van der Waals surface area contributed by atoms with Gasteiger partial charge in [0.05, 0.1) is 6.54 Å². The Balaban J connectivity index is 1.97. The summed E-state index contributed by atoms with van der Waals surface area (Å²) in [5.74, 6) is -0.0643. The topological polar surface area (TPSA) is 46.3 Å². The fourth-order valence-corrected chi connectivity index (χ4v) is 2.78. The zero-order valence-corrected chi connectivity index (χ0v) is 11.9. The van der Waals surface area contributed by atoms with E-state index in [1.165, 1.54) is 0 Å². The molecule has 2 N–H and O–H groups in total. The number of nitrogens with zero attached hydrogens (tertiary/aromatic N) is 1. The molecule has 1 atom stereocenters. The lowest BCUT2D eigenvalue weighted by molar-refractivity contribution is -0.119. The largest absolute Gasteiger partial charge is 0.316 e. The van der Waals surface area contributed by atoms with Crippen LogP contribution in [0, 0.1) is 6.92 Å². The normalized spacial score (nSPS) is 17.4. The third-order valence-electron chi connectivity index (χ3n) is 3.57. The molecule has 4 heteroatoms. The number of anilines is 1. The number of carbonyl (C=O) groups is 1. The van der Waals surface area contributed by atoms with Crippen LogP contribution in [0.15, 0.2) is 42.5 Å². The first kappa shape index (κ1) is 13.2. The van der Waals surface area contributed by atoms with Crippen LogP contribution < -0.4 is 10.6 Å². The van der Waals surface area contributed by atoms with Gasteiger partial charge in [0.2, 0.25) is 5.91 Å². The van der Waals surface area contributed by atoms with Crippen molar-refractivity contribution in [1.29, 1.82) is 0 Å². The molecule has 0 saturated heterocycles. The van der Waals surface area contributed by atoms with Crippen molar-refractivity contribution in [2.24, 2.45) is 5.73 Å². The highest BCUT2D eigenvalue weighted by molar-refractivity contribution is 6.30. The van der Waals surface area contributed by atoms with E-state index < -0.39 is 6.04 Å². The van der Waals surface area contributed by atoms with Gasteiger partial charge in [-0.15, -0.1) is 0 Å². The fraction of sp³-hybridized carbons (Fsp3) is 0.188. The second-order valence-corrected chi connectivity index (χ2v) is 5.53. The molecule has 1 amide bonds. The minimum atomic E-state index is -0.566. The molecule has 0 saturated carbocycles. The quantitative estimate of drug-likeness (QED) is 0.921. The Kier molecular flexibility index (Phi) is 3.24. The Morgan fingerprint density at radius 2 is 2.05 bits per heavy atom. The Labute approximate surface area is 123 Å². The summed E-state index contributed by atoms with van der Waals surface area (Å²) in [6.45, 7) is 2.49. The van der Waals surface area contributed by atoms with Crippen molar-refractivity contribution in [1.82, 2.24) is 0 Å². The van der Waals surface area contributed by atoms with E-state index in [9.17, 15) is 4.79 Å². The van der Waals surface area contributed by atoms with Gasteiger partial charge in [-0.2, -0.15) is 0 Å². The van der Waals surface area contributed by atoms with Crippen molar-refractivity contribution in [2.75, 3.05) is 4.90 Å². The number of carbonyl (C=O) groups excluding carboxylic acids is 1. The summed E-state index contributed by atoms with van der Waals surface area (Å²) < 4.78 is 0. The Morgan fingerprint density at radius 3 is 2.80 bits per heavy atom. The molecular formula is C16H15ClN2O. The summed E-state index contributed by atoms with van der Waals surface area (Å²) in [4.78, 5) is 14.1. The standard InChI is InChI=1S/C16H15ClN2O/c1-10-5-6-14-13(7-10)15(18)16(20)19(14)9-11-3-2-4-12(17)8-11/h2-8,15H,9,18H2,1H3. The lowest BCUT2D eigenvalue weighted by atomic mass is 10.1. The van der Waals surface area contributed by atoms with Crippen molar-refractivity contribution in [3.8, 4) is 0 Å². The molecule has 0 aliphatic carbocycles. The summed E-state index contributed by atoms with van der Waals surface area (Å²) in [5, 5.41) is 0.669. The number of rotatable bonds is 2. The average Bonchev–Trinajstić information content (AvgIpc) is 2.64. The zero-order valence-electron chi connectivity index (χ0n) is 11.1.